The summed E-state index contributed by atoms with van der Waals surface area (Å²) in [5, 5.41) is 2.22. The molecule has 0 aromatic heterocycles. The summed E-state index contributed by atoms with van der Waals surface area (Å²) >= 11 is 0. The first-order chi connectivity index (χ1) is 5.59. The lowest BCUT2D eigenvalue weighted by Crippen LogP contribution is -2.39. The number of carbonyl (C=O) groups excluding carboxylic acids is 1. The van der Waals surface area contributed by atoms with Crippen molar-refractivity contribution in [3.8, 4) is 0 Å². The fourth-order valence-corrected chi connectivity index (χ4v) is 1.44. The molecular formula is C8H13F2NO. The van der Waals surface area contributed by atoms with Crippen LogP contribution in [-0.2, 0) is 4.79 Å². The van der Waals surface area contributed by atoms with Crippen molar-refractivity contribution in [2.45, 2.75) is 26.2 Å². The standard InChI is InChI=1S/C8H13F2NO/c1-5-2-6(3-5)8(12)11-4-7(9)10/h5-7H,2-4H2,1H3,(H,11,12). The lowest BCUT2D eigenvalue weighted by Gasteiger charge is -2.31. The molecule has 4 heteroatoms. The average Bonchev–Trinajstić information content (AvgIpc) is 1.94. The van der Waals surface area contributed by atoms with Gasteiger partial charge >= 0.3 is 0 Å². The number of rotatable bonds is 3. The quantitative estimate of drug-likeness (QED) is 0.693. The number of amides is 1. The molecule has 0 saturated heterocycles. The van der Waals surface area contributed by atoms with Gasteiger partial charge in [0.15, 0.2) is 0 Å². The zero-order valence-electron chi connectivity index (χ0n) is 7.02. The fraction of sp³-hybridized carbons (Fsp3) is 0.875. The first-order valence-corrected chi connectivity index (χ1v) is 4.15. The summed E-state index contributed by atoms with van der Waals surface area (Å²) in [6.45, 7) is 1.54. The minimum atomic E-state index is -2.44. The average molecular weight is 177 g/mol. The van der Waals surface area contributed by atoms with Crippen LogP contribution in [0.15, 0.2) is 0 Å². The molecule has 12 heavy (non-hydrogen) atoms. The maximum atomic E-state index is 11.6. The highest BCUT2D eigenvalue weighted by Crippen LogP contribution is 2.32. The van der Waals surface area contributed by atoms with Crippen LogP contribution in [0.5, 0.6) is 0 Å². The molecule has 1 amide bonds. The maximum Gasteiger partial charge on any atom is 0.255 e. The molecule has 2 nitrogen and oxygen atoms in total. The second-order valence-corrected chi connectivity index (χ2v) is 3.41. The molecule has 0 atom stereocenters. The molecule has 0 aliphatic heterocycles. The van der Waals surface area contributed by atoms with Crippen molar-refractivity contribution in [1.29, 1.82) is 0 Å². The van der Waals surface area contributed by atoms with Gasteiger partial charge in [0.1, 0.15) is 0 Å². The van der Waals surface area contributed by atoms with Crippen molar-refractivity contribution in [1.82, 2.24) is 5.32 Å². The van der Waals surface area contributed by atoms with Gasteiger partial charge in [0.25, 0.3) is 6.43 Å². The predicted molar refractivity (Wildman–Crippen MR) is 40.9 cm³/mol. The lowest BCUT2D eigenvalue weighted by atomic mass is 9.76. The van der Waals surface area contributed by atoms with Crippen LogP contribution in [0.1, 0.15) is 19.8 Å². The van der Waals surface area contributed by atoms with Crippen LogP contribution >= 0.6 is 0 Å². The Bertz CT molecular complexity index is 166. The summed E-state index contributed by atoms with van der Waals surface area (Å²) in [6.07, 6.45) is -0.754. The molecule has 0 aromatic carbocycles. The first-order valence-electron chi connectivity index (χ1n) is 4.15. The van der Waals surface area contributed by atoms with Crippen molar-refractivity contribution in [3.05, 3.63) is 0 Å². The number of nitrogens with one attached hydrogen (secondary N) is 1. The third-order valence-corrected chi connectivity index (χ3v) is 2.18. The Morgan fingerprint density at radius 2 is 2.17 bits per heavy atom. The van der Waals surface area contributed by atoms with E-state index in [1.807, 2.05) is 0 Å². The topological polar surface area (TPSA) is 29.1 Å². The second kappa shape index (κ2) is 3.83. The maximum absolute atomic E-state index is 11.6. The molecular weight excluding hydrogens is 164 g/mol. The van der Waals surface area contributed by atoms with E-state index in [0.29, 0.717) is 5.92 Å². The second-order valence-electron chi connectivity index (χ2n) is 3.41. The normalized spacial score (nSPS) is 28.3. The fourth-order valence-electron chi connectivity index (χ4n) is 1.44. The van der Waals surface area contributed by atoms with Gasteiger partial charge in [0.2, 0.25) is 5.91 Å². The molecule has 1 aliphatic carbocycles. The summed E-state index contributed by atoms with van der Waals surface area (Å²) in [6, 6.07) is 0. The third-order valence-electron chi connectivity index (χ3n) is 2.18. The van der Waals surface area contributed by atoms with E-state index in [0.717, 1.165) is 12.8 Å². The van der Waals surface area contributed by atoms with Gasteiger partial charge in [-0.05, 0) is 18.8 Å². The summed E-state index contributed by atoms with van der Waals surface area (Å²) in [7, 11) is 0. The van der Waals surface area contributed by atoms with E-state index in [2.05, 4.69) is 12.2 Å². The summed E-state index contributed by atoms with van der Waals surface area (Å²) < 4.78 is 23.3. The van der Waals surface area contributed by atoms with Crippen LogP contribution in [0.2, 0.25) is 0 Å². The lowest BCUT2D eigenvalue weighted by molar-refractivity contribution is -0.129. The van der Waals surface area contributed by atoms with E-state index in [4.69, 9.17) is 0 Å². The highest BCUT2D eigenvalue weighted by Gasteiger charge is 2.31. The Kier molecular flexibility index (Phi) is 3.00. The molecule has 1 saturated carbocycles. The largest absolute Gasteiger partial charge is 0.350 e. The zero-order valence-corrected chi connectivity index (χ0v) is 7.02. The Morgan fingerprint density at radius 1 is 1.58 bits per heavy atom. The van der Waals surface area contributed by atoms with E-state index in [1.54, 1.807) is 0 Å². The number of halogens is 2. The SMILES string of the molecule is CC1CC(C(=O)NCC(F)F)C1. The Balaban J connectivity index is 2.13. The molecule has 0 aromatic rings. The first kappa shape index (κ1) is 9.42. The Morgan fingerprint density at radius 3 is 2.58 bits per heavy atom. The van der Waals surface area contributed by atoms with Crippen LogP contribution in [0, 0.1) is 11.8 Å². The highest BCUT2D eigenvalue weighted by atomic mass is 19.3. The van der Waals surface area contributed by atoms with E-state index in [-0.39, 0.29) is 11.8 Å². The van der Waals surface area contributed by atoms with Crippen LogP contribution in [0.4, 0.5) is 8.78 Å². The van der Waals surface area contributed by atoms with Gasteiger partial charge in [-0.2, -0.15) is 0 Å². The van der Waals surface area contributed by atoms with Gasteiger partial charge in [-0.1, -0.05) is 6.92 Å². The van der Waals surface area contributed by atoms with Gasteiger partial charge in [-0.15, -0.1) is 0 Å². The smallest absolute Gasteiger partial charge is 0.255 e. The highest BCUT2D eigenvalue weighted by molar-refractivity contribution is 5.79. The molecule has 0 unspecified atom stereocenters. The van der Waals surface area contributed by atoms with E-state index >= 15 is 0 Å². The molecule has 0 bridgehead atoms. The van der Waals surface area contributed by atoms with Crippen LogP contribution < -0.4 is 5.32 Å². The molecule has 0 radical (unpaired) electrons. The van der Waals surface area contributed by atoms with Crippen molar-refractivity contribution < 1.29 is 13.6 Å². The van der Waals surface area contributed by atoms with Crippen LogP contribution in [0.3, 0.4) is 0 Å². The van der Waals surface area contributed by atoms with Crippen molar-refractivity contribution in [2.75, 3.05) is 6.54 Å². The van der Waals surface area contributed by atoms with Crippen molar-refractivity contribution in [3.63, 3.8) is 0 Å². The summed E-state index contributed by atoms with van der Waals surface area (Å²) in [5.74, 6) is 0.347. The summed E-state index contributed by atoms with van der Waals surface area (Å²) in [5.41, 5.74) is 0. The molecule has 0 spiro atoms. The van der Waals surface area contributed by atoms with E-state index in [9.17, 15) is 13.6 Å². The van der Waals surface area contributed by atoms with Gasteiger partial charge in [0, 0.05) is 5.92 Å². The molecule has 0 heterocycles. The predicted octanol–water partition coefficient (Wildman–Crippen LogP) is 1.41. The Labute approximate surface area is 70.3 Å². The van der Waals surface area contributed by atoms with Crippen molar-refractivity contribution in [2.24, 2.45) is 11.8 Å². The van der Waals surface area contributed by atoms with Crippen LogP contribution in [-0.4, -0.2) is 18.9 Å². The molecule has 1 aliphatic rings. The molecule has 1 fully saturated rings. The van der Waals surface area contributed by atoms with E-state index < -0.39 is 13.0 Å². The van der Waals surface area contributed by atoms with Crippen molar-refractivity contribution >= 4 is 5.91 Å². The van der Waals surface area contributed by atoms with E-state index in [1.165, 1.54) is 0 Å². The minimum Gasteiger partial charge on any atom is -0.350 e. The molecule has 1 rings (SSSR count). The van der Waals surface area contributed by atoms with Gasteiger partial charge in [0.05, 0.1) is 6.54 Å². The van der Waals surface area contributed by atoms with Gasteiger partial charge < -0.3 is 5.32 Å². The number of carbonyl (C=O) groups is 1. The number of hydrogen-bond acceptors (Lipinski definition) is 1. The van der Waals surface area contributed by atoms with Gasteiger partial charge in [-0.3, -0.25) is 4.79 Å². The molecule has 70 valence electrons. The van der Waals surface area contributed by atoms with Gasteiger partial charge in [-0.25, -0.2) is 8.78 Å². The number of alkyl halides is 2. The number of hydrogen-bond donors (Lipinski definition) is 1. The molecule has 1 N–H and O–H groups in total. The summed E-state index contributed by atoms with van der Waals surface area (Å²) in [4.78, 5) is 11.0. The monoisotopic (exact) mass is 177 g/mol. The minimum absolute atomic E-state index is 0.0150. The Hall–Kier alpha value is -0.670. The van der Waals surface area contributed by atoms with Crippen LogP contribution in [0.25, 0.3) is 0 Å². The third kappa shape index (κ3) is 2.43. The zero-order chi connectivity index (χ0) is 9.14.